The van der Waals surface area contributed by atoms with Crippen molar-refractivity contribution >= 4 is 23.2 Å². The molecule has 1 aliphatic heterocycles. The van der Waals surface area contributed by atoms with Gasteiger partial charge in [-0.25, -0.2) is 0 Å². The first kappa shape index (κ1) is 31.0. The fraction of sp³-hybridized carbons (Fsp3) is 0.552. The van der Waals surface area contributed by atoms with Crippen LogP contribution in [0.4, 0.5) is 13.2 Å². The van der Waals surface area contributed by atoms with E-state index in [1.807, 2.05) is 4.90 Å². The summed E-state index contributed by atoms with van der Waals surface area (Å²) in [5, 5.41) is 44.8. The first-order valence-electron chi connectivity index (χ1n) is 13.9. The number of alkyl halides is 3. The van der Waals surface area contributed by atoms with Crippen molar-refractivity contribution in [1.82, 2.24) is 9.80 Å². The second-order valence-corrected chi connectivity index (χ2v) is 12.0. The number of ketones is 2. The van der Waals surface area contributed by atoms with Crippen LogP contribution in [0.25, 0.3) is 5.76 Å². The van der Waals surface area contributed by atoms with Gasteiger partial charge in [-0.05, 0) is 69.4 Å². The number of hydrogen-bond acceptors (Lipinski definition) is 10. The number of halogens is 3. The number of carbonyl (C=O) groups excluding carboxylic acids is 3. The van der Waals surface area contributed by atoms with E-state index in [4.69, 9.17) is 10.5 Å². The number of phenolic OH excluding ortho intramolecular Hbond substituents is 1. The van der Waals surface area contributed by atoms with Crippen molar-refractivity contribution in [2.24, 2.45) is 17.6 Å². The number of nitrogens with zero attached hydrogens (tertiary/aromatic N) is 2. The molecule has 0 radical (unpaired) electrons. The van der Waals surface area contributed by atoms with Gasteiger partial charge in [0.1, 0.15) is 22.8 Å². The molecule has 1 saturated carbocycles. The van der Waals surface area contributed by atoms with Crippen LogP contribution in [0.15, 0.2) is 23.0 Å². The van der Waals surface area contributed by atoms with Crippen LogP contribution in [0.3, 0.4) is 0 Å². The van der Waals surface area contributed by atoms with E-state index in [-0.39, 0.29) is 24.6 Å². The molecule has 5 rings (SSSR count). The highest BCUT2D eigenvalue weighted by atomic mass is 19.4. The van der Waals surface area contributed by atoms with Crippen LogP contribution in [0.1, 0.15) is 41.5 Å². The molecule has 234 valence electrons. The molecule has 1 aromatic rings. The van der Waals surface area contributed by atoms with Gasteiger partial charge in [0, 0.05) is 31.2 Å². The summed E-state index contributed by atoms with van der Waals surface area (Å²) in [7, 11) is 4.38. The summed E-state index contributed by atoms with van der Waals surface area (Å²) in [6.45, 7) is 0.711. The van der Waals surface area contributed by atoms with Gasteiger partial charge in [-0.1, -0.05) is 0 Å². The van der Waals surface area contributed by atoms with Crippen LogP contribution in [0.2, 0.25) is 0 Å². The molecular weight excluding hydrogens is 575 g/mol. The van der Waals surface area contributed by atoms with Crippen LogP contribution in [0, 0.1) is 11.8 Å². The lowest BCUT2D eigenvalue weighted by Crippen LogP contribution is -2.65. The van der Waals surface area contributed by atoms with Crippen LogP contribution >= 0.6 is 0 Å². The number of aromatic hydroxyl groups is 1. The smallest absolute Gasteiger partial charge is 0.417 e. The van der Waals surface area contributed by atoms with E-state index in [1.165, 1.54) is 26.1 Å². The molecule has 0 unspecified atom stereocenters. The molecule has 0 spiro atoms. The molecule has 2 fully saturated rings. The highest BCUT2D eigenvalue weighted by Crippen LogP contribution is 2.54. The predicted molar refractivity (Wildman–Crippen MR) is 145 cm³/mol. The van der Waals surface area contributed by atoms with Gasteiger partial charge in [0.25, 0.3) is 5.91 Å². The van der Waals surface area contributed by atoms with Crippen molar-refractivity contribution in [3.05, 3.63) is 45.2 Å². The van der Waals surface area contributed by atoms with Crippen LogP contribution in [0.5, 0.6) is 5.75 Å². The largest absolute Gasteiger partial charge is 0.508 e. The Labute approximate surface area is 245 Å². The molecule has 11 nitrogen and oxygen atoms in total. The number of aliphatic hydroxyl groups is 3. The molecule has 0 aromatic heterocycles. The molecule has 0 bridgehead atoms. The first-order valence-corrected chi connectivity index (χ1v) is 13.9. The Morgan fingerprint density at radius 1 is 1.23 bits per heavy atom. The van der Waals surface area contributed by atoms with Gasteiger partial charge in [-0.3, -0.25) is 24.2 Å². The van der Waals surface area contributed by atoms with Crippen LogP contribution in [-0.4, -0.2) is 99.7 Å². The Balaban J connectivity index is 1.69. The number of Topliss-reactive ketones (excluding diaryl/α,β-unsaturated/α-hetero) is 2. The van der Waals surface area contributed by atoms with Crippen molar-refractivity contribution < 1.29 is 52.7 Å². The summed E-state index contributed by atoms with van der Waals surface area (Å²) in [6, 6.07) is -0.529. The second-order valence-electron chi connectivity index (χ2n) is 12.0. The summed E-state index contributed by atoms with van der Waals surface area (Å²) < 4.78 is 49.5. The summed E-state index contributed by atoms with van der Waals surface area (Å²) in [4.78, 5) is 42.4. The van der Waals surface area contributed by atoms with E-state index < -0.39 is 98.7 Å². The van der Waals surface area contributed by atoms with Crippen LogP contribution in [-0.2, 0) is 38.3 Å². The predicted octanol–water partition coefficient (Wildman–Crippen LogP) is 1.59. The maximum absolute atomic E-state index is 14.8. The summed E-state index contributed by atoms with van der Waals surface area (Å²) in [6.07, 6.45) is -4.16. The third kappa shape index (κ3) is 4.62. The van der Waals surface area contributed by atoms with Crippen molar-refractivity contribution in [2.75, 3.05) is 34.4 Å². The molecule has 1 amide bonds. The molecule has 1 heterocycles. The number of ether oxygens (including phenoxy) is 1. The number of aliphatic hydroxyl groups excluding tert-OH is 2. The van der Waals surface area contributed by atoms with Crippen molar-refractivity contribution in [3.8, 4) is 5.75 Å². The highest BCUT2D eigenvalue weighted by Gasteiger charge is 2.64. The van der Waals surface area contributed by atoms with Crippen molar-refractivity contribution in [3.63, 3.8) is 0 Å². The molecule has 5 atom stereocenters. The lowest BCUT2D eigenvalue weighted by Gasteiger charge is -2.50. The van der Waals surface area contributed by atoms with E-state index in [0.29, 0.717) is 13.2 Å². The van der Waals surface area contributed by atoms with Gasteiger partial charge in [0.05, 0.1) is 23.8 Å². The fourth-order valence-electron chi connectivity index (χ4n) is 7.56. The highest BCUT2D eigenvalue weighted by molar-refractivity contribution is 6.24. The van der Waals surface area contributed by atoms with Gasteiger partial charge in [0.2, 0.25) is 5.78 Å². The fourth-order valence-corrected chi connectivity index (χ4v) is 7.56. The van der Waals surface area contributed by atoms with E-state index >= 15 is 0 Å². The van der Waals surface area contributed by atoms with Gasteiger partial charge in [0.15, 0.2) is 11.4 Å². The lowest BCUT2D eigenvalue weighted by molar-refractivity contribution is -0.153. The Morgan fingerprint density at radius 2 is 1.91 bits per heavy atom. The zero-order valence-electron chi connectivity index (χ0n) is 23.9. The monoisotopic (exact) mass is 609 g/mol. The van der Waals surface area contributed by atoms with E-state index in [2.05, 4.69) is 0 Å². The topological polar surface area (TPSA) is 174 Å². The zero-order valence-corrected chi connectivity index (χ0v) is 23.9. The summed E-state index contributed by atoms with van der Waals surface area (Å²) in [5.74, 6) is -9.05. The summed E-state index contributed by atoms with van der Waals surface area (Å²) >= 11 is 0. The number of nitrogens with two attached hydrogens (primary N) is 1. The quantitative estimate of drug-likeness (QED) is 0.298. The number of benzene rings is 1. The number of rotatable bonds is 6. The third-order valence-electron chi connectivity index (χ3n) is 9.32. The minimum absolute atomic E-state index is 0.115. The maximum Gasteiger partial charge on any atom is 0.417 e. The second kappa shape index (κ2) is 10.6. The average molecular weight is 610 g/mol. The lowest BCUT2D eigenvalue weighted by atomic mass is 9.57. The van der Waals surface area contributed by atoms with Crippen molar-refractivity contribution in [2.45, 2.75) is 56.1 Å². The molecule has 1 saturated heterocycles. The average Bonchev–Trinajstić information content (AvgIpc) is 3.31. The number of hydrogen-bond donors (Lipinski definition) is 5. The SMILES string of the molecule is COC[C@@H]1CCCN1Cc1cc(O)c2c(c1C(F)(F)F)C[C@H]1C[C@H]3[C@H](N(C)C)C(=O)C(C(N)=O)=C(O)[C@@]3(O)C(=O)C1=C2O. The number of amides is 1. The number of phenols is 1. The zero-order chi connectivity index (χ0) is 31.8. The maximum atomic E-state index is 14.8. The van der Waals surface area contributed by atoms with Gasteiger partial charge in [-0.15, -0.1) is 0 Å². The van der Waals surface area contributed by atoms with Crippen molar-refractivity contribution in [1.29, 1.82) is 0 Å². The van der Waals surface area contributed by atoms with Gasteiger partial charge < -0.3 is 30.9 Å². The standard InChI is InChI=1S/C29H34F3N3O8/c1-34(2)22-16-8-12-7-15-19(23(37)18(12)25(39)28(16,42)26(40)20(24(22)38)27(33)41)17(36)9-13(21(15)29(30,31)32)10-35-6-4-5-14(35)11-43-3/h9,12,14,16,22,36-37,40,42H,4-8,10-11H2,1-3H3,(H2,33,41)/t12-,14-,16-,22-,28-/m0/s1. The number of fused-ring (bicyclic) bond motifs is 3. The minimum atomic E-state index is -4.90. The third-order valence-corrected chi connectivity index (χ3v) is 9.32. The van der Waals surface area contributed by atoms with E-state index in [1.54, 1.807) is 0 Å². The Kier molecular flexibility index (Phi) is 7.65. The molecule has 14 heteroatoms. The molecule has 6 N–H and O–H groups in total. The van der Waals surface area contributed by atoms with Crippen LogP contribution < -0.4 is 5.73 Å². The normalized spacial score (nSPS) is 29.7. The number of primary amides is 1. The molecule has 3 aliphatic carbocycles. The number of likely N-dealkylation sites (N-methyl/N-ethyl adjacent to an activating group) is 1. The van der Waals surface area contributed by atoms with Gasteiger partial charge >= 0.3 is 6.18 Å². The van der Waals surface area contributed by atoms with E-state index in [0.717, 1.165) is 18.9 Å². The molecule has 43 heavy (non-hydrogen) atoms. The van der Waals surface area contributed by atoms with Gasteiger partial charge in [-0.2, -0.15) is 13.2 Å². The molecule has 4 aliphatic rings. The molecular formula is C29H34F3N3O8. The Bertz CT molecular complexity index is 1470. The number of likely N-dealkylation sites (tertiary alicyclic amines) is 1. The van der Waals surface area contributed by atoms with E-state index in [9.17, 15) is 48.0 Å². The Morgan fingerprint density at radius 3 is 2.49 bits per heavy atom. The Hall–Kier alpha value is -3.46. The summed E-state index contributed by atoms with van der Waals surface area (Å²) in [5.41, 5.74) is -1.29. The first-order chi connectivity index (χ1) is 20.0. The number of carbonyl (C=O) groups is 3. The molecule has 1 aromatic carbocycles. The number of methoxy groups -OCH3 is 1. The minimum Gasteiger partial charge on any atom is -0.508 e.